The van der Waals surface area contributed by atoms with Crippen LogP contribution in [0.4, 0.5) is 4.39 Å². The highest BCUT2D eigenvalue weighted by molar-refractivity contribution is 9.10. The molecule has 2 aromatic rings. The predicted octanol–water partition coefficient (Wildman–Crippen LogP) is 6.45. The largest absolute Gasteiger partial charge is 0.496 e. The van der Waals surface area contributed by atoms with E-state index in [1.54, 1.807) is 12.1 Å². The van der Waals surface area contributed by atoms with Gasteiger partial charge in [0, 0.05) is 17.2 Å². The smallest absolute Gasteiger partial charge is 0.141 e. The summed E-state index contributed by atoms with van der Waals surface area (Å²) >= 11 is 20.1. The molecule has 1 heterocycles. The van der Waals surface area contributed by atoms with Crippen LogP contribution in [-0.4, -0.2) is 7.11 Å². The van der Waals surface area contributed by atoms with Crippen molar-refractivity contribution >= 4 is 66.4 Å². The van der Waals surface area contributed by atoms with Crippen molar-refractivity contribution in [2.75, 3.05) is 7.11 Å². The second-order valence-electron chi connectivity index (χ2n) is 3.65. The Labute approximate surface area is 140 Å². The van der Waals surface area contributed by atoms with Gasteiger partial charge in [-0.3, -0.25) is 0 Å². The van der Waals surface area contributed by atoms with Crippen molar-refractivity contribution in [3.63, 3.8) is 0 Å². The summed E-state index contributed by atoms with van der Waals surface area (Å²) in [6.07, 6.45) is 0. The highest BCUT2D eigenvalue weighted by Gasteiger charge is 2.21. The van der Waals surface area contributed by atoms with Gasteiger partial charge in [0.25, 0.3) is 0 Å². The van der Waals surface area contributed by atoms with Gasteiger partial charge >= 0.3 is 0 Å². The predicted molar refractivity (Wildman–Crippen MR) is 85.8 cm³/mol. The Morgan fingerprint density at radius 3 is 2.47 bits per heavy atom. The molecule has 1 atom stereocenters. The molecule has 1 unspecified atom stereocenters. The molecule has 0 saturated carbocycles. The first-order chi connectivity index (χ1) is 8.93. The van der Waals surface area contributed by atoms with Crippen molar-refractivity contribution in [1.82, 2.24) is 0 Å². The average molecular weight is 449 g/mol. The maximum absolute atomic E-state index is 13.5. The number of methoxy groups -OCH3 is 1. The van der Waals surface area contributed by atoms with Gasteiger partial charge in [0.05, 0.1) is 25.1 Å². The van der Waals surface area contributed by atoms with Gasteiger partial charge in [-0.25, -0.2) is 4.39 Å². The van der Waals surface area contributed by atoms with E-state index >= 15 is 0 Å². The molecule has 1 nitrogen and oxygen atoms in total. The van der Waals surface area contributed by atoms with Crippen LogP contribution in [0.2, 0.25) is 8.67 Å². The number of ether oxygens (including phenoxy) is 1. The molecular weight excluding hydrogens is 442 g/mol. The highest BCUT2D eigenvalue weighted by atomic mass is 79.9. The molecule has 1 aromatic heterocycles. The molecule has 0 N–H and O–H groups in total. The van der Waals surface area contributed by atoms with E-state index in [9.17, 15) is 4.39 Å². The second kappa shape index (κ2) is 6.31. The summed E-state index contributed by atoms with van der Waals surface area (Å²) in [6.45, 7) is 0. The van der Waals surface area contributed by atoms with E-state index < -0.39 is 0 Å². The van der Waals surface area contributed by atoms with Gasteiger partial charge in [-0.15, -0.1) is 11.3 Å². The number of halogens is 5. The van der Waals surface area contributed by atoms with Crippen LogP contribution in [0.3, 0.4) is 0 Å². The fourth-order valence-electron chi connectivity index (χ4n) is 1.61. The zero-order valence-electron chi connectivity index (χ0n) is 9.52. The SMILES string of the molecule is COc1cc(F)c(Br)cc1C(Br)c1cc(Cl)sc1Cl. The van der Waals surface area contributed by atoms with Gasteiger partial charge in [-0.05, 0) is 28.1 Å². The molecule has 19 heavy (non-hydrogen) atoms. The summed E-state index contributed by atoms with van der Waals surface area (Å²) in [5.41, 5.74) is 1.60. The van der Waals surface area contributed by atoms with Crippen LogP contribution in [0.1, 0.15) is 16.0 Å². The molecule has 0 aliphatic carbocycles. The average Bonchev–Trinajstić information content (AvgIpc) is 2.70. The first-order valence-electron chi connectivity index (χ1n) is 5.05. The molecule has 0 aliphatic heterocycles. The van der Waals surface area contributed by atoms with Crippen LogP contribution in [-0.2, 0) is 0 Å². The molecular formula is C12H7Br2Cl2FOS. The first kappa shape index (κ1) is 15.6. The van der Waals surface area contributed by atoms with Crippen LogP contribution in [0.5, 0.6) is 5.75 Å². The van der Waals surface area contributed by atoms with E-state index in [1.807, 2.05) is 0 Å². The lowest BCUT2D eigenvalue weighted by atomic mass is 10.1. The van der Waals surface area contributed by atoms with Crippen LogP contribution < -0.4 is 4.74 Å². The third-order valence-corrected chi connectivity index (χ3v) is 5.61. The zero-order chi connectivity index (χ0) is 14.2. The van der Waals surface area contributed by atoms with E-state index in [0.717, 1.165) is 11.1 Å². The van der Waals surface area contributed by atoms with Crippen molar-refractivity contribution in [3.05, 3.63) is 48.3 Å². The minimum atomic E-state index is -0.380. The van der Waals surface area contributed by atoms with E-state index in [-0.39, 0.29) is 10.6 Å². The minimum absolute atomic E-state index is 0.226. The van der Waals surface area contributed by atoms with Crippen molar-refractivity contribution < 1.29 is 9.13 Å². The number of hydrogen-bond donors (Lipinski definition) is 0. The Hall–Kier alpha value is 0.190. The minimum Gasteiger partial charge on any atom is -0.496 e. The molecule has 7 heteroatoms. The Balaban J connectivity index is 2.52. The number of hydrogen-bond acceptors (Lipinski definition) is 2. The lowest BCUT2D eigenvalue weighted by Crippen LogP contribution is -1.98. The Bertz CT molecular complexity index is 618. The Morgan fingerprint density at radius 1 is 1.26 bits per heavy atom. The summed E-state index contributed by atoms with van der Waals surface area (Å²) < 4.78 is 20.3. The molecule has 1 aromatic carbocycles. The maximum atomic E-state index is 13.5. The lowest BCUT2D eigenvalue weighted by Gasteiger charge is -2.15. The number of benzene rings is 1. The Morgan fingerprint density at radius 2 is 1.95 bits per heavy atom. The highest BCUT2D eigenvalue weighted by Crippen LogP contribution is 2.45. The normalized spacial score (nSPS) is 12.5. The molecule has 0 saturated heterocycles. The van der Waals surface area contributed by atoms with Crippen molar-refractivity contribution in [1.29, 1.82) is 0 Å². The van der Waals surface area contributed by atoms with Gasteiger partial charge in [0.15, 0.2) is 0 Å². The molecule has 0 bridgehead atoms. The van der Waals surface area contributed by atoms with Crippen molar-refractivity contribution in [3.8, 4) is 5.75 Å². The van der Waals surface area contributed by atoms with Gasteiger partial charge in [-0.1, -0.05) is 39.1 Å². The van der Waals surface area contributed by atoms with E-state index in [0.29, 0.717) is 18.9 Å². The first-order valence-corrected chi connectivity index (χ1v) is 8.34. The third-order valence-electron chi connectivity index (χ3n) is 2.50. The van der Waals surface area contributed by atoms with Crippen LogP contribution >= 0.6 is 66.4 Å². The zero-order valence-corrected chi connectivity index (χ0v) is 15.0. The molecule has 0 radical (unpaired) electrons. The van der Waals surface area contributed by atoms with Gasteiger partial charge in [0.2, 0.25) is 0 Å². The quantitative estimate of drug-likeness (QED) is 0.490. The van der Waals surface area contributed by atoms with Crippen LogP contribution in [0, 0.1) is 5.82 Å². The van der Waals surface area contributed by atoms with E-state index in [1.165, 1.54) is 24.5 Å². The fraction of sp³-hybridized carbons (Fsp3) is 0.167. The van der Waals surface area contributed by atoms with Crippen LogP contribution in [0.15, 0.2) is 22.7 Å². The summed E-state index contributed by atoms with van der Waals surface area (Å²) in [6, 6.07) is 4.77. The van der Waals surface area contributed by atoms with Gasteiger partial charge in [0.1, 0.15) is 11.6 Å². The molecule has 0 aliphatic rings. The molecule has 102 valence electrons. The molecule has 0 fully saturated rings. The number of alkyl halides is 1. The molecule has 0 spiro atoms. The van der Waals surface area contributed by atoms with Gasteiger partial charge < -0.3 is 4.74 Å². The number of thiophene rings is 1. The van der Waals surface area contributed by atoms with Crippen LogP contribution in [0.25, 0.3) is 0 Å². The fourth-order valence-corrected chi connectivity index (χ4v) is 4.51. The lowest BCUT2D eigenvalue weighted by molar-refractivity contribution is 0.406. The summed E-state index contributed by atoms with van der Waals surface area (Å²) in [5.74, 6) is 0.0655. The van der Waals surface area contributed by atoms with Crippen molar-refractivity contribution in [2.45, 2.75) is 4.83 Å². The summed E-state index contributed by atoms with van der Waals surface area (Å²) in [5, 5.41) is 0. The maximum Gasteiger partial charge on any atom is 0.141 e. The van der Waals surface area contributed by atoms with Crippen molar-refractivity contribution in [2.24, 2.45) is 0 Å². The topological polar surface area (TPSA) is 9.23 Å². The third kappa shape index (κ3) is 3.27. The monoisotopic (exact) mass is 446 g/mol. The second-order valence-corrected chi connectivity index (χ2v) is 7.71. The Kier molecular flexibility index (Phi) is 5.17. The standard InChI is InChI=1S/C12H7Br2Cl2FOS/c1-18-9-4-8(17)7(13)2-5(9)11(14)6-3-10(15)19-12(6)16/h2-4,11H,1H3. The van der Waals surface area contributed by atoms with Gasteiger partial charge in [-0.2, -0.15) is 0 Å². The number of rotatable bonds is 3. The summed E-state index contributed by atoms with van der Waals surface area (Å²) in [4.78, 5) is -0.226. The summed E-state index contributed by atoms with van der Waals surface area (Å²) in [7, 11) is 1.49. The van der Waals surface area contributed by atoms with E-state index in [2.05, 4.69) is 31.9 Å². The molecule has 0 amide bonds. The van der Waals surface area contributed by atoms with E-state index in [4.69, 9.17) is 27.9 Å². The molecule has 2 rings (SSSR count).